The van der Waals surface area contributed by atoms with Gasteiger partial charge in [-0.2, -0.15) is 0 Å². The van der Waals surface area contributed by atoms with Gasteiger partial charge in [-0.3, -0.25) is 4.79 Å². The van der Waals surface area contributed by atoms with Crippen molar-refractivity contribution in [2.24, 2.45) is 0 Å². The van der Waals surface area contributed by atoms with Crippen molar-refractivity contribution >= 4 is 70.6 Å². The molecule has 0 aliphatic heterocycles. The zero-order valence-electron chi connectivity index (χ0n) is 89.2. The van der Waals surface area contributed by atoms with Crippen LogP contribution >= 0.6 is 0 Å². The van der Waals surface area contributed by atoms with E-state index in [1.807, 2.05) is 0 Å². The number of carbonyl (C=O) groups is 1. The Morgan fingerprint density at radius 1 is 0.139 bits per heavy atom. The predicted octanol–water partition coefficient (Wildman–Crippen LogP) is 39.3. The van der Waals surface area contributed by atoms with Crippen LogP contribution in [-0.2, 0) is 4.79 Å². The van der Waals surface area contributed by atoms with Crippen LogP contribution in [0.25, 0.3) is 64.6 Å². The van der Waals surface area contributed by atoms with Crippen molar-refractivity contribution in [3.05, 3.63) is 72.8 Å². The molecule has 0 aliphatic carbocycles. The molecule has 137 heavy (non-hydrogen) atoms. The zero-order valence-corrected chi connectivity index (χ0v) is 89.2. The summed E-state index contributed by atoms with van der Waals surface area (Å²) < 4.78 is 83.3. The Morgan fingerprint density at radius 2 is 0.241 bits per heavy atom. The van der Waals surface area contributed by atoms with Gasteiger partial charge in [0.05, 0.1) is 72.7 Å². The fourth-order valence-corrected chi connectivity index (χ4v) is 19.3. The molecule has 0 heterocycles. The van der Waals surface area contributed by atoms with Crippen molar-refractivity contribution in [1.29, 1.82) is 0 Å². The molecular weight excluding hydrogens is 1700 g/mol. The smallest absolute Gasteiger partial charge is 0.311 e. The second-order valence-electron chi connectivity index (χ2n) is 40.1. The van der Waals surface area contributed by atoms with Gasteiger partial charge >= 0.3 is 5.97 Å². The third-order valence-corrected chi connectivity index (χ3v) is 27.8. The van der Waals surface area contributed by atoms with Gasteiger partial charge in [-0.15, -0.1) is 0 Å². The molecule has 0 fully saturated rings. The fraction of sp³-hybridized carbons (Fsp3) is 0.702. The number of benzene rings is 8. The molecule has 13 heteroatoms. The number of hydrogen-bond donors (Lipinski definition) is 0. The average Bonchev–Trinajstić information content (AvgIpc) is 0.729. The molecule has 0 amide bonds. The molecule has 8 aromatic carbocycles. The topological polar surface area (TPSA) is 128 Å². The summed E-state index contributed by atoms with van der Waals surface area (Å²) in [6, 6.07) is 26.8. The van der Waals surface area contributed by atoms with Crippen molar-refractivity contribution in [2.75, 3.05) is 72.7 Å². The van der Waals surface area contributed by atoms with Crippen molar-refractivity contribution in [2.45, 2.75) is 493 Å². The summed E-state index contributed by atoms with van der Waals surface area (Å²) in [6.07, 6.45) is 75.0. The first kappa shape index (κ1) is 115. The first-order chi connectivity index (χ1) is 67.7. The van der Waals surface area contributed by atoms with E-state index in [1.165, 1.54) is 250 Å². The van der Waals surface area contributed by atoms with Gasteiger partial charge in [0, 0.05) is 6.42 Å². The minimum absolute atomic E-state index is 0.263. The highest BCUT2D eigenvalue weighted by molar-refractivity contribution is 6.28. The Labute approximate surface area is 834 Å². The molecule has 0 atom stereocenters. The minimum atomic E-state index is -0.263. The quantitative estimate of drug-likeness (QED) is 0.0155. The summed E-state index contributed by atoms with van der Waals surface area (Å²) in [5.74, 6) is 8.47. The van der Waals surface area contributed by atoms with Gasteiger partial charge in [0.2, 0.25) is 0 Å². The van der Waals surface area contributed by atoms with Crippen LogP contribution in [0.4, 0.5) is 0 Å². The maximum Gasteiger partial charge on any atom is 0.311 e. The van der Waals surface area contributed by atoms with E-state index in [-0.39, 0.29) is 12.4 Å². The summed E-state index contributed by atoms with van der Waals surface area (Å²) in [5, 5.41) is 12.6. The van der Waals surface area contributed by atoms with Crippen LogP contribution in [0, 0.1) is 0 Å². The lowest BCUT2D eigenvalue weighted by Gasteiger charge is -2.21. The molecule has 0 saturated heterocycles. The summed E-state index contributed by atoms with van der Waals surface area (Å²) in [5.41, 5.74) is 0. The van der Waals surface area contributed by atoms with Gasteiger partial charge in [-0.05, 0) is 214 Å². The number of hydrogen-bond acceptors (Lipinski definition) is 13. The number of unbranched alkanes of at least 4 members (excludes halogenated alkanes) is 54. The maximum absolute atomic E-state index is 14.8. The molecule has 0 unspecified atom stereocenters. The van der Waals surface area contributed by atoms with E-state index in [9.17, 15) is 4.79 Å². The number of ether oxygens (including phenoxy) is 12. The molecular formula is C124H196O13. The molecule has 0 saturated carbocycles. The highest BCUT2D eigenvalue weighted by atomic mass is 16.6. The van der Waals surface area contributed by atoms with Crippen molar-refractivity contribution in [1.82, 2.24) is 0 Å². The normalized spacial score (nSPS) is 11.7. The molecule has 0 radical (unpaired) electrons. The fourth-order valence-electron chi connectivity index (χ4n) is 19.3. The van der Waals surface area contributed by atoms with E-state index in [4.69, 9.17) is 56.8 Å². The lowest BCUT2D eigenvalue weighted by Crippen LogP contribution is -2.09. The molecule has 0 aromatic heterocycles. The summed E-state index contributed by atoms with van der Waals surface area (Å²) in [6.45, 7) is 29.4. The van der Waals surface area contributed by atoms with Crippen molar-refractivity contribution < 1.29 is 61.6 Å². The van der Waals surface area contributed by atoms with Crippen molar-refractivity contribution in [3.63, 3.8) is 0 Å². The van der Waals surface area contributed by atoms with Gasteiger partial charge in [-0.25, -0.2) is 0 Å². The van der Waals surface area contributed by atoms with Gasteiger partial charge in [0.25, 0.3) is 0 Å². The Kier molecular flexibility index (Phi) is 61.7. The molecule has 0 aliphatic rings. The van der Waals surface area contributed by atoms with Gasteiger partial charge in [-0.1, -0.05) is 410 Å². The third kappa shape index (κ3) is 43.5. The monoisotopic (exact) mass is 1890 g/mol. The predicted molar refractivity (Wildman–Crippen MR) is 585 cm³/mol. The number of carbonyl (C=O) groups excluding carboxylic acids is 1. The Morgan fingerprint density at radius 3 is 0.372 bits per heavy atom. The van der Waals surface area contributed by atoms with Crippen LogP contribution in [0.1, 0.15) is 493 Å². The largest absolute Gasteiger partial charge is 0.490 e. The molecule has 8 aromatic rings. The molecule has 0 bridgehead atoms. The van der Waals surface area contributed by atoms with Crippen LogP contribution < -0.4 is 56.8 Å². The molecule has 13 nitrogen and oxygen atoms in total. The number of rotatable bonds is 90. The Bertz CT molecular complexity index is 4380. The van der Waals surface area contributed by atoms with E-state index in [1.54, 1.807) is 0 Å². The van der Waals surface area contributed by atoms with E-state index in [0.717, 1.165) is 283 Å². The second kappa shape index (κ2) is 73.7. The Hall–Kier alpha value is -7.41. The number of fused-ring (bicyclic) bond motifs is 12. The Balaban J connectivity index is 1.13. The van der Waals surface area contributed by atoms with Crippen LogP contribution in [0.3, 0.4) is 0 Å². The van der Waals surface area contributed by atoms with Crippen molar-refractivity contribution in [3.8, 4) is 69.0 Å². The average molecular weight is 1890 g/mol. The first-order valence-electron chi connectivity index (χ1n) is 57.9. The molecule has 8 rings (SSSR count). The van der Waals surface area contributed by atoms with E-state index in [0.29, 0.717) is 90.6 Å². The van der Waals surface area contributed by atoms with Crippen LogP contribution in [-0.4, -0.2) is 78.6 Å². The number of esters is 1. The summed E-state index contributed by atoms with van der Waals surface area (Å²) in [7, 11) is 0. The molecule has 770 valence electrons. The first-order valence-corrected chi connectivity index (χ1v) is 57.9. The lowest BCUT2D eigenvalue weighted by molar-refractivity contribution is -0.134. The minimum Gasteiger partial charge on any atom is -0.490 e. The van der Waals surface area contributed by atoms with Gasteiger partial charge in [0.15, 0.2) is 69.0 Å². The van der Waals surface area contributed by atoms with Crippen LogP contribution in [0.2, 0.25) is 0 Å². The summed E-state index contributed by atoms with van der Waals surface area (Å²) >= 11 is 0. The van der Waals surface area contributed by atoms with E-state index in [2.05, 4.69) is 142 Å². The molecule has 0 N–H and O–H groups in total. The highest BCUT2D eigenvalue weighted by Gasteiger charge is 2.26. The highest BCUT2D eigenvalue weighted by Crippen LogP contribution is 2.51. The third-order valence-electron chi connectivity index (χ3n) is 27.8. The molecule has 0 spiro atoms. The standard InChI is InChI=1S/C124H196O13/c1-11-21-31-41-53-65-77-126-112-88-100-101-89-113(127-78-66-54-42-32-22-12-2)115(129-80-68-56-44-34-24-14-4)91-103(101)105-93-117(116(130-81-69-57-45-35-25-15-5)92-104(105)102(100)90-114(112)128-79-67-55-43-33-23-13-3)135-86-75-63-51-52-64-76-124(125)137-123-99-111-109-97-121(134-85-73-61-49-39-29-19-9)119(132-83-71-59-47-37-27-17-7)95-107(109)106-94-118(131-82-70-58-46-36-26-16-6)120(133-84-72-60-48-38-28-18-8)96-108(106)110(111)98-122(123)136-87-74-62-50-40-30-20-10/h88-99H,11-87H2,1-10H3. The van der Waals surface area contributed by atoms with E-state index >= 15 is 0 Å². The van der Waals surface area contributed by atoms with E-state index < -0.39 is 0 Å². The lowest BCUT2D eigenvalue weighted by atomic mass is 9.93. The maximum atomic E-state index is 14.8. The van der Waals surface area contributed by atoms with Gasteiger partial charge in [0.1, 0.15) is 0 Å². The van der Waals surface area contributed by atoms with Gasteiger partial charge < -0.3 is 56.8 Å². The van der Waals surface area contributed by atoms with Crippen LogP contribution in [0.5, 0.6) is 69.0 Å². The second-order valence-corrected chi connectivity index (χ2v) is 40.1. The SMILES string of the molecule is CCCCCCCCOc1cc2c3cc(OCCCCCCCC)c(OCCCCCCCC)cc3c3cc(OCCCCCCCC(=O)Oc4cc5c6cc(OCCCCCCCC)c(OCCCCCCCC)cc6c6cc(OCCCCCCCC)c(OCCCCCCCC)cc6c5cc4OCCCCCCCC)c(OCCCCCCCC)cc3c2cc1OCCCCCCCC. The summed E-state index contributed by atoms with van der Waals surface area (Å²) in [4.78, 5) is 14.8. The zero-order chi connectivity index (χ0) is 96.9. The van der Waals surface area contributed by atoms with Crippen LogP contribution in [0.15, 0.2) is 72.8 Å².